The van der Waals surface area contributed by atoms with Gasteiger partial charge in [0.2, 0.25) is 5.79 Å². The Balaban J connectivity index is 0.913. The van der Waals surface area contributed by atoms with Gasteiger partial charge in [-0.05, 0) is 74.5 Å². The van der Waals surface area contributed by atoms with Crippen LogP contribution in [0.2, 0.25) is 10.0 Å². The van der Waals surface area contributed by atoms with Crippen molar-refractivity contribution in [2.24, 2.45) is 4.99 Å². The second-order valence-electron chi connectivity index (χ2n) is 12.9. The number of hydrogen-bond acceptors (Lipinski definition) is 9. The number of hydrogen-bond donors (Lipinski definition) is 0. The Labute approximate surface area is 307 Å². The van der Waals surface area contributed by atoms with Crippen molar-refractivity contribution in [1.82, 2.24) is 14.5 Å². The van der Waals surface area contributed by atoms with E-state index >= 15 is 0 Å². The molecule has 0 spiro atoms. The number of amidine groups is 1. The highest BCUT2D eigenvalue weighted by atomic mass is 35.5. The first-order valence-electron chi connectivity index (χ1n) is 16.9. The Kier molecular flexibility index (Phi) is 10.8. The average molecular weight is 738 g/mol. The molecular weight excluding hydrogens is 695 g/mol. The smallest absolute Gasteiger partial charge is 0.215 e. The minimum absolute atomic E-state index is 0.124. The van der Waals surface area contributed by atoms with E-state index in [1.165, 1.54) is 11.4 Å². The van der Waals surface area contributed by atoms with Gasteiger partial charge in [-0.15, -0.1) is 0 Å². The van der Waals surface area contributed by atoms with Crippen molar-refractivity contribution in [3.05, 3.63) is 101 Å². The quantitative estimate of drug-likeness (QED) is 0.158. The molecule has 3 aliphatic heterocycles. The molecule has 0 amide bonds. The molecule has 3 aliphatic rings. The van der Waals surface area contributed by atoms with Gasteiger partial charge in [-0.1, -0.05) is 41.0 Å². The zero-order valence-electron chi connectivity index (χ0n) is 28.5. The number of rotatable bonds is 11. The van der Waals surface area contributed by atoms with E-state index in [1.807, 2.05) is 29.0 Å². The summed E-state index contributed by atoms with van der Waals surface area (Å²) in [5, 5.41) is 2.06. The molecular formula is C37H42Cl2N6O4S. The van der Waals surface area contributed by atoms with Crippen molar-refractivity contribution in [3.63, 3.8) is 0 Å². The molecule has 10 nitrogen and oxygen atoms in total. The van der Waals surface area contributed by atoms with Crippen LogP contribution in [0.5, 0.6) is 5.75 Å². The molecule has 0 radical (unpaired) electrons. The zero-order valence-corrected chi connectivity index (χ0v) is 30.8. The molecule has 4 aromatic rings. The van der Waals surface area contributed by atoms with E-state index in [4.69, 9.17) is 47.1 Å². The number of piperazine rings is 1. The van der Waals surface area contributed by atoms with Gasteiger partial charge in [-0.3, -0.25) is 0 Å². The van der Waals surface area contributed by atoms with E-state index in [0.717, 1.165) is 49.3 Å². The normalized spacial score (nSPS) is 23.4. The first-order chi connectivity index (χ1) is 24.3. The summed E-state index contributed by atoms with van der Waals surface area (Å²) in [6.45, 7) is 10.1. The molecule has 13 heteroatoms. The molecule has 0 aliphatic carbocycles. The lowest BCUT2D eigenvalue weighted by Gasteiger charge is -2.37. The van der Waals surface area contributed by atoms with Gasteiger partial charge in [0.25, 0.3) is 0 Å². The third-order valence-corrected chi connectivity index (χ3v) is 10.9. The van der Waals surface area contributed by atoms with Crippen LogP contribution in [0.15, 0.2) is 90.4 Å². The molecule has 3 aromatic carbocycles. The molecule has 0 saturated carbocycles. The Morgan fingerprint density at radius 2 is 1.68 bits per heavy atom. The number of benzene rings is 3. The van der Waals surface area contributed by atoms with Crippen LogP contribution in [0.4, 0.5) is 17.1 Å². The van der Waals surface area contributed by atoms with Gasteiger partial charge in [0.1, 0.15) is 23.9 Å². The number of halogens is 2. The van der Waals surface area contributed by atoms with Gasteiger partial charge in [-0.25, -0.2) is 9.98 Å². The van der Waals surface area contributed by atoms with Crippen LogP contribution in [-0.4, -0.2) is 90.2 Å². The van der Waals surface area contributed by atoms with Crippen molar-refractivity contribution < 1.29 is 18.9 Å². The molecule has 264 valence electrons. The van der Waals surface area contributed by atoms with E-state index in [1.54, 1.807) is 43.5 Å². The number of methoxy groups -OCH3 is 1. The summed E-state index contributed by atoms with van der Waals surface area (Å²) >= 11 is 14.5. The number of thioether (sulfide) groups is 1. The van der Waals surface area contributed by atoms with Crippen molar-refractivity contribution in [2.75, 3.05) is 62.8 Å². The van der Waals surface area contributed by atoms with Crippen LogP contribution in [0.3, 0.4) is 0 Å². The minimum Gasteiger partial charge on any atom is -0.491 e. The molecule has 50 heavy (non-hydrogen) atoms. The highest BCUT2D eigenvalue weighted by molar-refractivity contribution is 8.14. The standard InChI is InChI=1S/C37H42Cl2N6O4S/c1-26(2)45-21-35(46-3)50-36(45)41-28-5-7-29(8-6-28)43-16-18-44(19-17-43)30-9-11-31(12-10-30)47-22-32-23-48-37(49-32,24-42-15-14-40-25-42)33-13-4-27(38)20-34(33)39/h4-15,20,25-26,32,35H,16-19,21-24H2,1-3H3/b41-36+. The Hall–Kier alpha value is -3.45. The van der Waals surface area contributed by atoms with Crippen LogP contribution < -0.4 is 14.5 Å². The second-order valence-corrected chi connectivity index (χ2v) is 14.9. The molecule has 3 atom stereocenters. The summed E-state index contributed by atoms with van der Waals surface area (Å²) in [6, 6.07) is 22.6. The first-order valence-corrected chi connectivity index (χ1v) is 18.5. The first kappa shape index (κ1) is 35.0. The molecule has 4 heterocycles. The third kappa shape index (κ3) is 7.88. The number of anilines is 2. The summed E-state index contributed by atoms with van der Waals surface area (Å²) in [7, 11) is 1.76. The fourth-order valence-electron chi connectivity index (χ4n) is 6.50. The highest BCUT2D eigenvalue weighted by Gasteiger charge is 2.45. The summed E-state index contributed by atoms with van der Waals surface area (Å²) in [5.41, 5.74) is 4.20. The number of ether oxygens (including phenoxy) is 4. The maximum absolute atomic E-state index is 6.61. The monoisotopic (exact) mass is 736 g/mol. The average Bonchev–Trinajstić information content (AvgIpc) is 3.89. The summed E-state index contributed by atoms with van der Waals surface area (Å²) in [5.74, 6) is -0.307. The Morgan fingerprint density at radius 3 is 2.30 bits per heavy atom. The topological polar surface area (TPSA) is 76.8 Å². The lowest BCUT2D eigenvalue weighted by atomic mass is 10.1. The summed E-state index contributed by atoms with van der Waals surface area (Å²) in [6.07, 6.45) is 5.02. The highest BCUT2D eigenvalue weighted by Crippen LogP contribution is 2.41. The Bertz CT molecular complexity index is 1750. The van der Waals surface area contributed by atoms with Crippen molar-refractivity contribution in [2.45, 2.75) is 43.8 Å². The molecule has 0 N–H and O–H groups in total. The predicted molar refractivity (Wildman–Crippen MR) is 201 cm³/mol. The van der Waals surface area contributed by atoms with Crippen LogP contribution in [0.1, 0.15) is 19.4 Å². The maximum atomic E-state index is 6.61. The lowest BCUT2D eigenvalue weighted by Crippen LogP contribution is -2.46. The van der Waals surface area contributed by atoms with Crippen molar-refractivity contribution in [1.29, 1.82) is 0 Å². The number of aliphatic imine (C=N–C) groups is 1. The Morgan fingerprint density at radius 1 is 0.980 bits per heavy atom. The van der Waals surface area contributed by atoms with E-state index in [-0.39, 0.29) is 11.5 Å². The van der Waals surface area contributed by atoms with E-state index in [0.29, 0.717) is 41.4 Å². The van der Waals surface area contributed by atoms with Crippen LogP contribution in [-0.2, 0) is 26.5 Å². The number of aromatic nitrogens is 2. The molecule has 7 rings (SSSR count). The molecule has 3 fully saturated rings. The molecule has 3 saturated heterocycles. The lowest BCUT2D eigenvalue weighted by molar-refractivity contribution is -0.189. The minimum atomic E-state index is -1.09. The van der Waals surface area contributed by atoms with Gasteiger partial charge < -0.3 is 38.2 Å². The molecule has 1 aromatic heterocycles. The van der Waals surface area contributed by atoms with Crippen LogP contribution in [0, 0.1) is 0 Å². The SMILES string of the molecule is COC1CN(C(C)C)/C(=N\c2ccc(N3CCN(c4ccc(OCC5COC(Cn6ccnc6)(c6ccc(Cl)cc6Cl)O5)cc4)CC3)cc2)S1. The van der Waals surface area contributed by atoms with Gasteiger partial charge in [0.15, 0.2) is 5.17 Å². The van der Waals surface area contributed by atoms with Crippen LogP contribution >= 0.6 is 35.0 Å². The van der Waals surface area contributed by atoms with E-state index < -0.39 is 5.79 Å². The fraction of sp³-hybridized carbons (Fsp3) is 0.405. The van der Waals surface area contributed by atoms with Gasteiger partial charge in [-0.2, -0.15) is 0 Å². The number of imidazole rings is 1. The largest absolute Gasteiger partial charge is 0.491 e. The third-order valence-electron chi connectivity index (χ3n) is 9.22. The summed E-state index contributed by atoms with van der Waals surface area (Å²) in [4.78, 5) is 16.3. The predicted octanol–water partition coefficient (Wildman–Crippen LogP) is 7.28. The summed E-state index contributed by atoms with van der Waals surface area (Å²) < 4.78 is 26.5. The van der Waals surface area contributed by atoms with Crippen LogP contribution in [0.25, 0.3) is 0 Å². The van der Waals surface area contributed by atoms with Gasteiger partial charge in [0.05, 0.1) is 36.7 Å². The fourth-order valence-corrected chi connectivity index (χ4v) is 8.19. The maximum Gasteiger partial charge on any atom is 0.215 e. The van der Waals surface area contributed by atoms with Crippen molar-refractivity contribution in [3.8, 4) is 5.75 Å². The molecule has 3 unspecified atom stereocenters. The second kappa shape index (κ2) is 15.4. The molecule has 0 bridgehead atoms. The zero-order chi connectivity index (χ0) is 34.7. The van der Waals surface area contributed by atoms with E-state index in [2.05, 4.69) is 69.9 Å². The number of nitrogens with zero attached hydrogens (tertiary/aromatic N) is 6. The van der Waals surface area contributed by atoms with Gasteiger partial charge >= 0.3 is 0 Å². The van der Waals surface area contributed by atoms with E-state index in [9.17, 15) is 0 Å². The van der Waals surface area contributed by atoms with Crippen molar-refractivity contribution >= 4 is 57.2 Å². The van der Waals surface area contributed by atoms with Gasteiger partial charge in [0, 0.05) is 73.7 Å².